The third-order valence-corrected chi connectivity index (χ3v) is 4.14. The standard InChI is InChI=1S/C16H18ClN3O2/c1-2-22-15(21)11-7-9-20(10-8-11)14-12-5-3-4-6-13(12)18-16(17)19-14/h3-6,11H,2,7-10H2,1H3. The molecule has 0 N–H and O–H groups in total. The summed E-state index contributed by atoms with van der Waals surface area (Å²) in [5.74, 6) is 0.741. The predicted molar refractivity (Wildman–Crippen MR) is 86.1 cm³/mol. The number of para-hydroxylation sites is 1. The number of piperidine rings is 1. The number of nitrogens with zero attached hydrogens (tertiary/aromatic N) is 3. The van der Waals surface area contributed by atoms with E-state index < -0.39 is 0 Å². The third-order valence-electron chi connectivity index (χ3n) is 3.97. The van der Waals surface area contributed by atoms with Crippen LogP contribution < -0.4 is 4.90 Å². The van der Waals surface area contributed by atoms with Crippen LogP contribution in [-0.4, -0.2) is 35.6 Å². The topological polar surface area (TPSA) is 55.3 Å². The van der Waals surface area contributed by atoms with E-state index in [0.29, 0.717) is 6.61 Å². The molecule has 5 nitrogen and oxygen atoms in total. The van der Waals surface area contributed by atoms with Crippen LogP contribution in [0, 0.1) is 5.92 Å². The van der Waals surface area contributed by atoms with Crippen LogP contribution in [0.2, 0.25) is 5.28 Å². The van der Waals surface area contributed by atoms with Crippen LogP contribution in [0.1, 0.15) is 19.8 Å². The Bertz CT molecular complexity index is 684. The van der Waals surface area contributed by atoms with E-state index in [1.807, 2.05) is 31.2 Å². The number of benzene rings is 1. The molecule has 1 saturated heterocycles. The summed E-state index contributed by atoms with van der Waals surface area (Å²) < 4.78 is 5.11. The second kappa shape index (κ2) is 6.48. The van der Waals surface area contributed by atoms with Crippen molar-refractivity contribution in [1.82, 2.24) is 9.97 Å². The van der Waals surface area contributed by atoms with Gasteiger partial charge in [0, 0.05) is 18.5 Å². The fourth-order valence-electron chi connectivity index (χ4n) is 2.86. The molecule has 22 heavy (non-hydrogen) atoms. The average Bonchev–Trinajstić information content (AvgIpc) is 2.54. The van der Waals surface area contributed by atoms with Crippen LogP contribution in [0.15, 0.2) is 24.3 Å². The van der Waals surface area contributed by atoms with E-state index in [1.54, 1.807) is 0 Å². The highest BCUT2D eigenvalue weighted by molar-refractivity contribution is 6.28. The first-order chi connectivity index (χ1) is 10.7. The van der Waals surface area contributed by atoms with Crippen LogP contribution in [0.3, 0.4) is 0 Å². The average molecular weight is 320 g/mol. The second-order valence-electron chi connectivity index (χ2n) is 5.35. The van der Waals surface area contributed by atoms with Crippen molar-refractivity contribution in [3.63, 3.8) is 0 Å². The highest BCUT2D eigenvalue weighted by atomic mass is 35.5. The van der Waals surface area contributed by atoms with E-state index >= 15 is 0 Å². The first-order valence-corrected chi connectivity index (χ1v) is 7.90. The number of fused-ring (bicyclic) bond motifs is 1. The van der Waals surface area contributed by atoms with Gasteiger partial charge in [-0.3, -0.25) is 4.79 Å². The monoisotopic (exact) mass is 319 g/mol. The number of hydrogen-bond acceptors (Lipinski definition) is 5. The Kier molecular flexibility index (Phi) is 4.43. The Hall–Kier alpha value is -1.88. The highest BCUT2D eigenvalue weighted by Crippen LogP contribution is 2.29. The summed E-state index contributed by atoms with van der Waals surface area (Å²) in [6.07, 6.45) is 1.55. The van der Waals surface area contributed by atoms with Crippen LogP contribution in [0.4, 0.5) is 5.82 Å². The van der Waals surface area contributed by atoms with Crippen molar-refractivity contribution in [3.8, 4) is 0 Å². The lowest BCUT2D eigenvalue weighted by Crippen LogP contribution is -2.37. The quantitative estimate of drug-likeness (QED) is 0.643. The summed E-state index contributed by atoms with van der Waals surface area (Å²) in [5, 5.41) is 1.24. The van der Waals surface area contributed by atoms with Gasteiger partial charge in [0.25, 0.3) is 0 Å². The molecule has 2 heterocycles. The SMILES string of the molecule is CCOC(=O)C1CCN(c2nc(Cl)nc3ccccc23)CC1. The lowest BCUT2D eigenvalue weighted by Gasteiger charge is -2.32. The van der Waals surface area contributed by atoms with Gasteiger partial charge in [0.15, 0.2) is 0 Å². The molecule has 0 amide bonds. The van der Waals surface area contributed by atoms with E-state index in [4.69, 9.17) is 16.3 Å². The molecule has 0 saturated carbocycles. The molecule has 0 unspecified atom stereocenters. The van der Waals surface area contributed by atoms with Gasteiger partial charge in [-0.25, -0.2) is 4.98 Å². The predicted octanol–water partition coefficient (Wildman–Crippen LogP) is 3.06. The second-order valence-corrected chi connectivity index (χ2v) is 5.68. The largest absolute Gasteiger partial charge is 0.466 e. The molecule has 0 radical (unpaired) electrons. The molecule has 1 aromatic heterocycles. The molecule has 0 bridgehead atoms. The zero-order valence-corrected chi connectivity index (χ0v) is 13.2. The summed E-state index contributed by atoms with van der Waals surface area (Å²) in [7, 11) is 0. The van der Waals surface area contributed by atoms with E-state index in [1.165, 1.54) is 0 Å². The molecule has 1 aliphatic heterocycles. The van der Waals surface area contributed by atoms with Gasteiger partial charge in [-0.15, -0.1) is 0 Å². The van der Waals surface area contributed by atoms with Crippen molar-refractivity contribution in [3.05, 3.63) is 29.5 Å². The van der Waals surface area contributed by atoms with Gasteiger partial charge >= 0.3 is 5.97 Å². The van der Waals surface area contributed by atoms with Gasteiger partial charge in [0.1, 0.15) is 5.82 Å². The van der Waals surface area contributed by atoms with Crippen molar-refractivity contribution in [2.75, 3.05) is 24.6 Å². The van der Waals surface area contributed by atoms with Gasteiger partial charge in [-0.2, -0.15) is 4.98 Å². The van der Waals surface area contributed by atoms with Crippen molar-refractivity contribution in [2.24, 2.45) is 5.92 Å². The number of carbonyl (C=O) groups excluding carboxylic acids is 1. The molecule has 1 aromatic carbocycles. The van der Waals surface area contributed by atoms with E-state index in [2.05, 4.69) is 14.9 Å². The van der Waals surface area contributed by atoms with Gasteiger partial charge in [0.2, 0.25) is 5.28 Å². The molecular formula is C16H18ClN3O2. The maximum Gasteiger partial charge on any atom is 0.309 e. The van der Waals surface area contributed by atoms with Gasteiger partial charge in [0.05, 0.1) is 18.0 Å². The molecule has 0 aliphatic carbocycles. The number of aromatic nitrogens is 2. The number of rotatable bonds is 3. The first-order valence-electron chi connectivity index (χ1n) is 7.53. The lowest BCUT2D eigenvalue weighted by atomic mass is 9.97. The van der Waals surface area contributed by atoms with E-state index in [0.717, 1.165) is 42.7 Å². The smallest absolute Gasteiger partial charge is 0.309 e. The molecule has 0 spiro atoms. The number of ether oxygens (including phenoxy) is 1. The van der Waals surface area contributed by atoms with Crippen LogP contribution >= 0.6 is 11.6 Å². The van der Waals surface area contributed by atoms with Gasteiger partial charge in [-0.05, 0) is 43.5 Å². The summed E-state index contributed by atoms with van der Waals surface area (Å²) in [5.41, 5.74) is 0.838. The van der Waals surface area contributed by atoms with Crippen LogP contribution in [0.25, 0.3) is 10.9 Å². The molecule has 116 valence electrons. The molecule has 1 aliphatic rings. The minimum absolute atomic E-state index is 0.0141. The Morgan fingerprint density at radius 2 is 2.05 bits per heavy atom. The molecule has 2 aromatic rings. The number of carbonyl (C=O) groups is 1. The maximum absolute atomic E-state index is 11.8. The minimum atomic E-state index is -0.0901. The number of hydrogen-bond donors (Lipinski definition) is 0. The van der Waals surface area contributed by atoms with Crippen molar-refractivity contribution in [1.29, 1.82) is 0 Å². The van der Waals surface area contributed by atoms with Crippen molar-refractivity contribution < 1.29 is 9.53 Å². The van der Waals surface area contributed by atoms with Crippen LogP contribution in [0.5, 0.6) is 0 Å². The zero-order valence-electron chi connectivity index (χ0n) is 12.5. The fraction of sp³-hybridized carbons (Fsp3) is 0.438. The molecule has 3 rings (SSSR count). The molecule has 1 fully saturated rings. The Balaban J connectivity index is 1.81. The number of esters is 1. The Morgan fingerprint density at radius 3 is 2.77 bits per heavy atom. The zero-order chi connectivity index (χ0) is 15.5. The first kappa shape index (κ1) is 15.0. The van der Waals surface area contributed by atoms with E-state index in [9.17, 15) is 4.79 Å². The minimum Gasteiger partial charge on any atom is -0.466 e. The Labute approximate surface area is 134 Å². The van der Waals surface area contributed by atoms with Crippen molar-refractivity contribution >= 4 is 34.3 Å². The van der Waals surface area contributed by atoms with Gasteiger partial charge < -0.3 is 9.64 Å². The Morgan fingerprint density at radius 1 is 1.32 bits per heavy atom. The van der Waals surface area contributed by atoms with Crippen molar-refractivity contribution in [2.45, 2.75) is 19.8 Å². The normalized spacial score (nSPS) is 16.0. The summed E-state index contributed by atoms with van der Waals surface area (Å²) in [6.45, 7) is 3.80. The molecular weight excluding hydrogens is 302 g/mol. The third kappa shape index (κ3) is 2.99. The molecule has 0 atom stereocenters. The summed E-state index contributed by atoms with van der Waals surface area (Å²) in [6, 6.07) is 7.83. The van der Waals surface area contributed by atoms with Gasteiger partial charge in [-0.1, -0.05) is 12.1 Å². The number of anilines is 1. The summed E-state index contributed by atoms with van der Waals surface area (Å²) >= 11 is 6.04. The number of halogens is 1. The maximum atomic E-state index is 11.8. The molecule has 6 heteroatoms. The van der Waals surface area contributed by atoms with E-state index in [-0.39, 0.29) is 17.2 Å². The fourth-order valence-corrected chi connectivity index (χ4v) is 3.03. The van der Waals surface area contributed by atoms with Crippen LogP contribution in [-0.2, 0) is 9.53 Å². The lowest BCUT2D eigenvalue weighted by molar-refractivity contribution is -0.148. The highest BCUT2D eigenvalue weighted by Gasteiger charge is 2.27. The summed E-state index contributed by atoms with van der Waals surface area (Å²) in [4.78, 5) is 22.6.